The Balaban J connectivity index is 1.94. The van der Waals surface area contributed by atoms with Crippen LogP contribution in [-0.4, -0.2) is 66.2 Å². The van der Waals surface area contributed by atoms with Gasteiger partial charge in [0.15, 0.2) is 6.10 Å². The first-order chi connectivity index (χ1) is 10.4. The molecule has 0 saturated carbocycles. The van der Waals surface area contributed by atoms with Crippen molar-refractivity contribution in [1.29, 1.82) is 0 Å². The van der Waals surface area contributed by atoms with E-state index in [1.165, 1.54) is 0 Å². The number of β-amino-alcohol motifs (C(OH)–C–C–N with tert-alkyl or cyclic N) is 1. The average molecular weight is 306 g/mol. The predicted octanol–water partition coefficient (Wildman–Crippen LogP) is 1.29. The van der Waals surface area contributed by atoms with Gasteiger partial charge in [0, 0.05) is 39.8 Å². The number of rotatable bonds is 5. The molecule has 1 aliphatic rings. The summed E-state index contributed by atoms with van der Waals surface area (Å²) in [6.07, 6.45) is -0.540. The lowest BCUT2D eigenvalue weighted by Crippen LogP contribution is -2.52. The quantitative estimate of drug-likeness (QED) is 0.890. The van der Waals surface area contributed by atoms with Gasteiger partial charge in [-0.15, -0.1) is 0 Å². The van der Waals surface area contributed by atoms with E-state index in [9.17, 15) is 9.90 Å². The maximum atomic E-state index is 12.7. The van der Waals surface area contributed by atoms with Crippen molar-refractivity contribution < 1.29 is 14.6 Å². The molecule has 2 rings (SSSR count). The third-order valence-electron chi connectivity index (χ3n) is 3.86. The Morgan fingerprint density at radius 2 is 1.82 bits per heavy atom. The third kappa shape index (κ3) is 4.53. The van der Waals surface area contributed by atoms with Gasteiger partial charge in [0.2, 0.25) is 0 Å². The summed E-state index contributed by atoms with van der Waals surface area (Å²) in [6.45, 7) is 7.13. The zero-order valence-corrected chi connectivity index (χ0v) is 13.7. The minimum Gasteiger partial charge on any atom is -0.389 e. The minimum absolute atomic E-state index is 0.0107. The summed E-state index contributed by atoms with van der Waals surface area (Å²) in [7, 11) is 1.57. The lowest BCUT2D eigenvalue weighted by molar-refractivity contribution is -0.144. The van der Waals surface area contributed by atoms with Crippen molar-refractivity contribution in [2.24, 2.45) is 0 Å². The maximum Gasteiger partial charge on any atom is 0.256 e. The van der Waals surface area contributed by atoms with E-state index in [0.717, 1.165) is 18.7 Å². The fraction of sp³-hybridized carbons (Fsp3) is 0.588. The van der Waals surface area contributed by atoms with Crippen LogP contribution in [0.1, 0.15) is 25.5 Å². The van der Waals surface area contributed by atoms with Crippen molar-refractivity contribution in [3.8, 4) is 0 Å². The van der Waals surface area contributed by atoms with E-state index in [0.29, 0.717) is 19.6 Å². The predicted molar refractivity (Wildman–Crippen MR) is 85.5 cm³/mol. The highest BCUT2D eigenvalue weighted by molar-refractivity contribution is 5.82. The highest BCUT2D eigenvalue weighted by Crippen LogP contribution is 2.20. The smallest absolute Gasteiger partial charge is 0.256 e. The highest BCUT2D eigenvalue weighted by Gasteiger charge is 2.29. The van der Waals surface area contributed by atoms with Gasteiger partial charge in [-0.2, -0.15) is 0 Å². The van der Waals surface area contributed by atoms with E-state index in [4.69, 9.17) is 4.74 Å². The summed E-state index contributed by atoms with van der Waals surface area (Å²) in [5.41, 5.74) is 0.180. The summed E-state index contributed by atoms with van der Waals surface area (Å²) < 4.78 is 5.41. The Bertz CT molecular complexity index is 476. The highest BCUT2D eigenvalue weighted by atomic mass is 16.5. The van der Waals surface area contributed by atoms with Gasteiger partial charge >= 0.3 is 0 Å². The van der Waals surface area contributed by atoms with Gasteiger partial charge in [-0.3, -0.25) is 9.69 Å². The first-order valence-corrected chi connectivity index (χ1v) is 7.72. The van der Waals surface area contributed by atoms with Crippen molar-refractivity contribution in [3.63, 3.8) is 0 Å². The second kappa shape index (κ2) is 7.22. The van der Waals surface area contributed by atoms with Crippen LogP contribution in [-0.2, 0) is 9.53 Å². The van der Waals surface area contributed by atoms with E-state index in [1.807, 2.05) is 35.2 Å². The van der Waals surface area contributed by atoms with Crippen molar-refractivity contribution in [3.05, 3.63) is 35.9 Å². The summed E-state index contributed by atoms with van der Waals surface area (Å²) >= 11 is 0. The molecule has 0 aliphatic carbocycles. The zero-order chi connectivity index (χ0) is 16.2. The van der Waals surface area contributed by atoms with Gasteiger partial charge in [0.05, 0.1) is 5.60 Å². The lowest BCUT2D eigenvalue weighted by Gasteiger charge is -2.38. The zero-order valence-electron chi connectivity index (χ0n) is 13.7. The minimum atomic E-state index is -0.703. The SMILES string of the molecule is CO[C@@H](C(=O)N1CCN(CC(C)(C)O)CC1)c1ccccc1. The Kier molecular flexibility index (Phi) is 5.56. The van der Waals surface area contributed by atoms with Crippen LogP contribution >= 0.6 is 0 Å². The van der Waals surface area contributed by atoms with E-state index >= 15 is 0 Å². The number of aliphatic hydroxyl groups is 1. The summed E-state index contributed by atoms with van der Waals surface area (Å²) in [5.74, 6) is 0.0107. The largest absolute Gasteiger partial charge is 0.389 e. The van der Waals surface area contributed by atoms with Crippen LogP contribution in [0.15, 0.2) is 30.3 Å². The summed E-state index contributed by atoms with van der Waals surface area (Å²) in [6, 6.07) is 9.58. The molecular formula is C17H26N2O3. The number of methoxy groups -OCH3 is 1. The van der Waals surface area contributed by atoms with E-state index < -0.39 is 11.7 Å². The van der Waals surface area contributed by atoms with Gasteiger partial charge in [-0.05, 0) is 19.4 Å². The molecular weight excluding hydrogens is 280 g/mol. The van der Waals surface area contributed by atoms with Crippen LogP contribution in [0.2, 0.25) is 0 Å². The number of hydrogen-bond acceptors (Lipinski definition) is 4. The van der Waals surface area contributed by atoms with Crippen LogP contribution in [0.25, 0.3) is 0 Å². The second-order valence-electron chi connectivity index (χ2n) is 6.44. The molecule has 0 unspecified atom stereocenters. The first-order valence-electron chi connectivity index (χ1n) is 7.72. The standard InChI is InChI=1S/C17H26N2O3/c1-17(2,21)13-18-9-11-19(12-10-18)16(20)15(22-3)14-7-5-4-6-8-14/h4-8,15,21H,9-13H2,1-3H3/t15-/m1/s1. The average Bonchev–Trinajstić information content (AvgIpc) is 2.48. The Morgan fingerprint density at radius 3 is 2.32 bits per heavy atom. The molecule has 1 fully saturated rings. The van der Waals surface area contributed by atoms with Gasteiger partial charge < -0.3 is 14.7 Å². The molecule has 0 aromatic heterocycles. The molecule has 1 aromatic carbocycles. The molecule has 5 nitrogen and oxygen atoms in total. The van der Waals surface area contributed by atoms with E-state index in [-0.39, 0.29) is 5.91 Å². The van der Waals surface area contributed by atoms with Crippen molar-refractivity contribution >= 4 is 5.91 Å². The molecule has 1 amide bonds. The number of ether oxygens (including phenoxy) is 1. The molecule has 0 radical (unpaired) electrons. The van der Waals surface area contributed by atoms with Gasteiger partial charge in [-0.1, -0.05) is 30.3 Å². The molecule has 1 saturated heterocycles. The number of benzene rings is 1. The Morgan fingerprint density at radius 1 is 1.23 bits per heavy atom. The fourth-order valence-corrected chi connectivity index (χ4v) is 2.85. The number of amides is 1. The number of carbonyl (C=O) groups excluding carboxylic acids is 1. The molecule has 1 heterocycles. The monoisotopic (exact) mass is 306 g/mol. The van der Waals surface area contributed by atoms with Gasteiger partial charge in [0.1, 0.15) is 0 Å². The Hall–Kier alpha value is -1.43. The van der Waals surface area contributed by atoms with Crippen LogP contribution in [0, 0.1) is 0 Å². The fourth-order valence-electron chi connectivity index (χ4n) is 2.85. The maximum absolute atomic E-state index is 12.7. The summed E-state index contributed by atoms with van der Waals surface area (Å²) in [5, 5.41) is 9.88. The van der Waals surface area contributed by atoms with Crippen molar-refractivity contribution in [1.82, 2.24) is 9.80 Å². The molecule has 5 heteroatoms. The molecule has 0 bridgehead atoms. The second-order valence-corrected chi connectivity index (χ2v) is 6.44. The van der Waals surface area contributed by atoms with Crippen LogP contribution in [0.3, 0.4) is 0 Å². The van der Waals surface area contributed by atoms with Crippen molar-refractivity contribution in [2.45, 2.75) is 25.6 Å². The summed E-state index contributed by atoms with van der Waals surface area (Å²) in [4.78, 5) is 16.7. The normalized spacial score (nSPS) is 18.3. The van der Waals surface area contributed by atoms with Crippen LogP contribution in [0.4, 0.5) is 0 Å². The molecule has 1 aliphatic heterocycles. The molecule has 122 valence electrons. The molecule has 22 heavy (non-hydrogen) atoms. The van der Waals surface area contributed by atoms with E-state index in [2.05, 4.69) is 4.90 Å². The topological polar surface area (TPSA) is 53.0 Å². The van der Waals surface area contributed by atoms with Crippen LogP contribution in [0.5, 0.6) is 0 Å². The number of nitrogens with zero attached hydrogens (tertiary/aromatic N) is 2. The molecule has 0 spiro atoms. The number of piperazine rings is 1. The van der Waals surface area contributed by atoms with Gasteiger partial charge in [0.25, 0.3) is 5.91 Å². The molecule has 1 N–H and O–H groups in total. The Labute approximate surface area is 132 Å². The number of carbonyl (C=O) groups is 1. The third-order valence-corrected chi connectivity index (χ3v) is 3.86. The van der Waals surface area contributed by atoms with Gasteiger partial charge in [-0.25, -0.2) is 0 Å². The van der Waals surface area contributed by atoms with Crippen molar-refractivity contribution in [2.75, 3.05) is 39.8 Å². The molecule has 1 atom stereocenters. The van der Waals surface area contributed by atoms with Crippen LogP contribution < -0.4 is 0 Å². The lowest BCUT2D eigenvalue weighted by atomic mass is 10.1. The molecule has 1 aromatic rings. The first kappa shape index (κ1) is 16.9. The van der Waals surface area contributed by atoms with E-state index in [1.54, 1.807) is 21.0 Å². The number of hydrogen-bond donors (Lipinski definition) is 1.